The predicted molar refractivity (Wildman–Crippen MR) is 101 cm³/mol. The summed E-state index contributed by atoms with van der Waals surface area (Å²) in [6.45, 7) is 1.81. The van der Waals surface area contributed by atoms with Crippen LogP contribution in [0.25, 0.3) is 0 Å². The highest BCUT2D eigenvalue weighted by Crippen LogP contribution is 2.33. The molecule has 23 heavy (non-hydrogen) atoms. The number of ether oxygens (including phenoxy) is 2. The van der Waals surface area contributed by atoms with E-state index in [1.807, 2.05) is 18.2 Å². The third-order valence-electron chi connectivity index (χ3n) is 3.71. The maximum absolute atomic E-state index is 5.39. The van der Waals surface area contributed by atoms with Gasteiger partial charge in [-0.2, -0.15) is 0 Å². The number of halogens is 2. The van der Waals surface area contributed by atoms with Crippen molar-refractivity contribution in [3.8, 4) is 11.5 Å². The summed E-state index contributed by atoms with van der Waals surface area (Å²) in [4.78, 5) is 2.30. The number of likely N-dealkylation sites (N-methyl/N-ethyl adjacent to an activating group) is 1. The molecule has 124 valence electrons. The fourth-order valence-corrected chi connectivity index (χ4v) is 3.33. The Bertz CT molecular complexity index is 661. The van der Waals surface area contributed by atoms with Gasteiger partial charge < -0.3 is 14.4 Å². The molecule has 0 N–H and O–H groups in total. The molecule has 0 aliphatic carbocycles. The Kier molecular flexibility index (Phi) is 6.93. The minimum Gasteiger partial charge on any atom is -0.493 e. The van der Waals surface area contributed by atoms with E-state index in [0.29, 0.717) is 0 Å². The van der Waals surface area contributed by atoms with E-state index in [2.05, 4.69) is 62.0 Å². The summed E-state index contributed by atoms with van der Waals surface area (Å²) >= 11 is 7.22. The zero-order valence-electron chi connectivity index (χ0n) is 13.6. The largest absolute Gasteiger partial charge is 0.493 e. The summed E-state index contributed by atoms with van der Waals surface area (Å²) in [6, 6.07) is 12.3. The lowest BCUT2D eigenvalue weighted by atomic mass is 10.1. The Labute approximate surface area is 154 Å². The molecule has 0 saturated heterocycles. The highest BCUT2D eigenvalue weighted by Gasteiger charge is 2.11. The number of hydrogen-bond acceptors (Lipinski definition) is 3. The molecule has 0 amide bonds. The molecule has 0 aromatic heterocycles. The lowest BCUT2D eigenvalue weighted by Gasteiger charge is -2.19. The van der Waals surface area contributed by atoms with Gasteiger partial charge in [0.25, 0.3) is 0 Å². The Morgan fingerprint density at radius 3 is 2.22 bits per heavy atom. The molecule has 0 atom stereocenters. The first-order valence-corrected chi connectivity index (χ1v) is 8.96. The third-order valence-corrected chi connectivity index (χ3v) is 5.23. The van der Waals surface area contributed by atoms with Gasteiger partial charge in [0.15, 0.2) is 11.5 Å². The summed E-state index contributed by atoms with van der Waals surface area (Å²) in [5.74, 6) is 1.49. The van der Waals surface area contributed by atoms with E-state index in [-0.39, 0.29) is 0 Å². The zero-order valence-corrected chi connectivity index (χ0v) is 16.8. The Balaban J connectivity index is 2.02. The van der Waals surface area contributed by atoms with Crippen LogP contribution in [0.5, 0.6) is 11.5 Å². The van der Waals surface area contributed by atoms with Crippen LogP contribution in [0.4, 0.5) is 0 Å². The van der Waals surface area contributed by atoms with Crippen molar-refractivity contribution in [3.63, 3.8) is 0 Å². The highest BCUT2D eigenvalue weighted by atomic mass is 79.9. The third kappa shape index (κ3) is 4.96. The van der Waals surface area contributed by atoms with Gasteiger partial charge >= 0.3 is 0 Å². The number of hydrogen-bond donors (Lipinski definition) is 0. The van der Waals surface area contributed by atoms with E-state index in [4.69, 9.17) is 9.47 Å². The molecule has 0 fully saturated rings. The highest BCUT2D eigenvalue weighted by molar-refractivity contribution is 9.10. The van der Waals surface area contributed by atoms with Gasteiger partial charge in [0, 0.05) is 22.0 Å². The molecule has 3 nitrogen and oxygen atoms in total. The van der Waals surface area contributed by atoms with Gasteiger partial charge in [0.2, 0.25) is 0 Å². The molecule has 0 bridgehead atoms. The summed E-state index contributed by atoms with van der Waals surface area (Å²) in [7, 11) is 5.43. The molecular formula is C18H21Br2NO2. The van der Waals surface area contributed by atoms with Crippen molar-refractivity contribution in [2.24, 2.45) is 0 Å². The molecule has 0 radical (unpaired) electrons. The summed E-state index contributed by atoms with van der Waals surface area (Å²) in [5.41, 5.74) is 2.50. The molecule has 0 aliphatic heterocycles. The lowest BCUT2D eigenvalue weighted by molar-refractivity contribution is 0.326. The van der Waals surface area contributed by atoms with Crippen LogP contribution in [0.2, 0.25) is 0 Å². The monoisotopic (exact) mass is 441 g/mol. The van der Waals surface area contributed by atoms with Crippen molar-refractivity contribution in [1.29, 1.82) is 0 Å². The van der Waals surface area contributed by atoms with Crippen LogP contribution in [-0.4, -0.2) is 32.7 Å². The van der Waals surface area contributed by atoms with E-state index < -0.39 is 0 Å². The molecule has 0 heterocycles. The molecule has 2 rings (SSSR count). The average molecular weight is 443 g/mol. The maximum atomic E-state index is 5.39. The fraction of sp³-hybridized carbons (Fsp3) is 0.333. The quantitative estimate of drug-likeness (QED) is 0.608. The molecule has 2 aromatic rings. The van der Waals surface area contributed by atoms with Crippen LogP contribution < -0.4 is 9.47 Å². The van der Waals surface area contributed by atoms with Gasteiger partial charge in [-0.1, -0.05) is 50.1 Å². The van der Waals surface area contributed by atoms with Crippen molar-refractivity contribution in [3.05, 3.63) is 56.5 Å². The number of nitrogens with zero attached hydrogens (tertiary/aromatic N) is 1. The fourth-order valence-electron chi connectivity index (χ4n) is 2.40. The van der Waals surface area contributed by atoms with Crippen molar-refractivity contribution in [1.82, 2.24) is 4.90 Å². The van der Waals surface area contributed by atoms with Gasteiger partial charge in [0.1, 0.15) is 0 Å². The molecule has 2 aromatic carbocycles. The predicted octanol–water partition coefficient (Wildman–Crippen LogP) is 4.90. The smallest absolute Gasteiger partial charge is 0.161 e. The normalized spacial score (nSPS) is 10.9. The number of benzene rings is 2. The Morgan fingerprint density at radius 2 is 1.57 bits per heavy atom. The van der Waals surface area contributed by atoms with Crippen LogP contribution in [-0.2, 0) is 13.0 Å². The standard InChI is InChI=1S/C18H21Br2NO2/c1-21(9-8-13-6-4-5-7-15(13)19)12-14-10-17(22-2)18(23-3)11-16(14)20/h4-7,10-11H,8-9,12H2,1-3H3. The first-order valence-electron chi connectivity index (χ1n) is 7.37. The van der Waals surface area contributed by atoms with Crippen molar-refractivity contribution >= 4 is 31.9 Å². The van der Waals surface area contributed by atoms with Crippen LogP contribution >= 0.6 is 31.9 Å². The molecule has 0 unspecified atom stereocenters. The number of rotatable bonds is 7. The average Bonchev–Trinajstić information content (AvgIpc) is 2.55. The maximum Gasteiger partial charge on any atom is 0.161 e. The van der Waals surface area contributed by atoms with Gasteiger partial charge in [-0.3, -0.25) is 0 Å². The van der Waals surface area contributed by atoms with E-state index in [0.717, 1.165) is 35.5 Å². The van der Waals surface area contributed by atoms with Crippen LogP contribution in [0, 0.1) is 0 Å². The van der Waals surface area contributed by atoms with Crippen LogP contribution in [0.15, 0.2) is 45.3 Å². The van der Waals surface area contributed by atoms with Crippen molar-refractivity contribution in [2.45, 2.75) is 13.0 Å². The molecule has 0 saturated carbocycles. The number of methoxy groups -OCH3 is 2. The summed E-state index contributed by atoms with van der Waals surface area (Å²) in [6.07, 6.45) is 1.00. The topological polar surface area (TPSA) is 21.7 Å². The second-order valence-corrected chi connectivity index (χ2v) is 7.09. The minimum absolute atomic E-state index is 0.735. The first-order chi connectivity index (χ1) is 11.0. The molecule has 0 spiro atoms. The second kappa shape index (κ2) is 8.71. The summed E-state index contributed by atoms with van der Waals surface area (Å²) in [5, 5.41) is 0. The first kappa shape index (κ1) is 18.3. The minimum atomic E-state index is 0.735. The van der Waals surface area contributed by atoms with E-state index in [1.165, 1.54) is 15.6 Å². The SMILES string of the molecule is COc1cc(Br)c(CN(C)CCc2ccccc2Br)cc1OC. The molecular weight excluding hydrogens is 422 g/mol. The van der Waals surface area contributed by atoms with E-state index >= 15 is 0 Å². The molecule has 5 heteroatoms. The second-order valence-electron chi connectivity index (χ2n) is 5.38. The van der Waals surface area contributed by atoms with E-state index in [9.17, 15) is 0 Å². The van der Waals surface area contributed by atoms with Crippen molar-refractivity contribution in [2.75, 3.05) is 27.8 Å². The van der Waals surface area contributed by atoms with Gasteiger partial charge in [-0.25, -0.2) is 0 Å². The van der Waals surface area contributed by atoms with Gasteiger partial charge in [0.05, 0.1) is 14.2 Å². The van der Waals surface area contributed by atoms with Crippen LogP contribution in [0.1, 0.15) is 11.1 Å². The Hall–Kier alpha value is -1.04. The molecule has 0 aliphatic rings. The lowest BCUT2D eigenvalue weighted by Crippen LogP contribution is -2.21. The van der Waals surface area contributed by atoms with Crippen LogP contribution in [0.3, 0.4) is 0 Å². The van der Waals surface area contributed by atoms with Crippen molar-refractivity contribution < 1.29 is 9.47 Å². The van der Waals surface area contributed by atoms with Gasteiger partial charge in [-0.05, 0) is 42.8 Å². The zero-order chi connectivity index (χ0) is 16.8. The van der Waals surface area contributed by atoms with E-state index in [1.54, 1.807) is 14.2 Å². The summed E-state index contributed by atoms with van der Waals surface area (Å²) < 4.78 is 12.9. The Morgan fingerprint density at radius 1 is 0.913 bits per heavy atom. The van der Waals surface area contributed by atoms with Gasteiger partial charge in [-0.15, -0.1) is 0 Å².